The van der Waals surface area contributed by atoms with Crippen molar-refractivity contribution in [2.45, 2.75) is 0 Å². The van der Waals surface area contributed by atoms with Crippen LogP contribution in [0.2, 0.25) is 0 Å². The smallest absolute Gasteiger partial charge is 0.164 e. The van der Waals surface area contributed by atoms with E-state index in [-0.39, 0.29) is 64.0 Å². The predicted octanol–water partition coefficient (Wildman–Crippen LogP) is 14.1. The average molecular weight is 740 g/mol. The summed E-state index contributed by atoms with van der Waals surface area (Å²) in [6.45, 7) is 0. The van der Waals surface area contributed by atoms with Crippen LogP contribution in [0.3, 0.4) is 0 Å². The lowest BCUT2D eigenvalue weighted by atomic mass is 9.98. The molecule has 0 unspecified atom stereocenters. The van der Waals surface area contributed by atoms with Gasteiger partial charge < -0.3 is 4.42 Å². The number of hydrogen-bond acceptors (Lipinski definition) is 5. The lowest BCUT2D eigenvalue weighted by Crippen LogP contribution is -2.01. The zero-order chi connectivity index (χ0) is 42.2. The van der Waals surface area contributed by atoms with Gasteiger partial charge in [-0.25, -0.2) is 15.0 Å². The van der Waals surface area contributed by atoms with Gasteiger partial charge in [-0.2, -0.15) is 0 Å². The lowest BCUT2D eigenvalue weighted by molar-refractivity contribution is 0.669. The van der Waals surface area contributed by atoms with Crippen molar-refractivity contribution in [2.75, 3.05) is 0 Å². The average Bonchev–Trinajstić information content (AvgIpc) is 3.91. The van der Waals surface area contributed by atoms with Crippen molar-refractivity contribution in [2.24, 2.45) is 0 Å². The molecule has 0 amide bonds. The predicted molar refractivity (Wildman–Crippen MR) is 233 cm³/mol. The largest absolute Gasteiger partial charge is 0.456 e. The van der Waals surface area contributed by atoms with Gasteiger partial charge in [0, 0.05) is 47.6 Å². The first-order valence-corrected chi connectivity index (χ1v) is 19.0. The number of hydrogen-bond donors (Lipinski definition) is 0. The van der Waals surface area contributed by atoms with Gasteiger partial charge in [-0.15, -0.1) is 11.3 Å². The molecular formula is C51H31N3OS. The van der Waals surface area contributed by atoms with Crippen molar-refractivity contribution in [1.29, 1.82) is 0 Å². The number of thiophene rings is 1. The Morgan fingerprint density at radius 2 is 0.964 bits per heavy atom. The molecule has 0 fully saturated rings. The topological polar surface area (TPSA) is 51.8 Å². The minimum absolute atomic E-state index is 0.0142. The van der Waals surface area contributed by atoms with E-state index in [2.05, 4.69) is 6.07 Å². The number of rotatable bonds is 6. The number of nitrogens with zero attached hydrogens (tertiary/aromatic N) is 3. The molecule has 0 N–H and O–H groups in total. The standard InChI is InChI=1S/C51H31N3OS/c1-3-11-32(12-4-1)34-19-21-35(22-20-34)49-52-50(38-24-27-42-44-29-36(33-13-5-2-6-14-33)25-28-47(44)56-48(42)31-38)54-51(53-49)43-17-8-7-15-39(43)37-23-26-41-40-16-9-10-18-45(40)55-46(41)30-37/h1-31H/i24D,25D,27D,28D,29D,31D. The molecule has 3 heterocycles. The molecule has 8 aromatic carbocycles. The molecule has 0 atom stereocenters. The number of furan rings is 1. The summed E-state index contributed by atoms with van der Waals surface area (Å²) in [6.07, 6.45) is 0. The van der Waals surface area contributed by atoms with Crippen molar-refractivity contribution >= 4 is 53.4 Å². The van der Waals surface area contributed by atoms with Gasteiger partial charge >= 0.3 is 0 Å². The van der Waals surface area contributed by atoms with E-state index in [1.54, 1.807) is 12.1 Å². The molecule has 5 heteroatoms. The molecular weight excluding hydrogens is 703 g/mol. The fourth-order valence-electron chi connectivity index (χ4n) is 7.25. The van der Waals surface area contributed by atoms with E-state index < -0.39 is 0 Å². The van der Waals surface area contributed by atoms with Crippen LogP contribution in [-0.2, 0) is 0 Å². The zero-order valence-electron chi connectivity index (χ0n) is 35.6. The molecule has 0 spiro atoms. The highest BCUT2D eigenvalue weighted by molar-refractivity contribution is 7.25. The van der Waals surface area contributed by atoms with Crippen LogP contribution in [0.1, 0.15) is 8.22 Å². The third-order valence-corrected chi connectivity index (χ3v) is 11.1. The van der Waals surface area contributed by atoms with Gasteiger partial charge in [-0.3, -0.25) is 0 Å². The second-order valence-corrected chi connectivity index (χ2v) is 14.5. The Balaban J connectivity index is 1.13. The summed E-state index contributed by atoms with van der Waals surface area (Å²) in [6, 6.07) is 48.0. The molecule has 0 bridgehead atoms. The molecule has 0 saturated carbocycles. The van der Waals surface area contributed by atoms with Gasteiger partial charge in [0.05, 0.1) is 8.22 Å². The summed E-state index contributed by atoms with van der Waals surface area (Å²) in [7, 11) is 0. The molecule has 0 aliphatic heterocycles. The number of para-hydroxylation sites is 1. The van der Waals surface area contributed by atoms with Crippen LogP contribution >= 0.6 is 11.3 Å². The summed E-state index contributed by atoms with van der Waals surface area (Å²) in [5, 5.41) is 2.56. The Hall–Kier alpha value is -7.21. The minimum atomic E-state index is -0.282. The van der Waals surface area contributed by atoms with Gasteiger partial charge in [0.25, 0.3) is 0 Å². The van der Waals surface area contributed by atoms with Crippen LogP contribution in [0.4, 0.5) is 0 Å². The molecule has 4 nitrogen and oxygen atoms in total. The van der Waals surface area contributed by atoms with E-state index >= 15 is 0 Å². The molecule has 11 aromatic rings. The summed E-state index contributed by atoms with van der Waals surface area (Å²) in [5.41, 5.74) is 7.63. The first-order chi connectivity index (χ1) is 30.2. The second kappa shape index (κ2) is 13.3. The fraction of sp³-hybridized carbons (Fsp3) is 0. The van der Waals surface area contributed by atoms with Gasteiger partial charge in [-0.1, -0.05) is 152 Å². The summed E-state index contributed by atoms with van der Waals surface area (Å²) < 4.78 is 62.7. The number of benzene rings is 8. The SMILES string of the molecule is [2H]c1c(-c2ccccc2)c([2H])c2c(sc3c([2H])c(-c4nc(-c5ccc(-c6ccccc6)cc5)nc(-c5ccccc5-c5ccc6c(c5)oc5ccccc56)n4)c([2H])c([2H])c32)c1[2H]. The second-order valence-electron chi connectivity index (χ2n) is 13.5. The van der Waals surface area contributed by atoms with E-state index in [0.717, 1.165) is 55.5 Å². The van der Waals surface area contributed by atoms with Crippen LogP contribution in [-0.4, -0.2) is 15.0 Å². The third kappa shape index (κ3) is 5.65. The van der Waals surface area contributed by atoms with E-state index in [9.17, 15) is 5.48 Å². The normalized spacial score (nSPS) is 13.1. The van der Waals surface area contributed by atoms with Gasteiger partial charge in [0.2, 0.25) is 0 Å². The van der Waals surface area contributed by atoms with Gasteiger partial charge in [0.15, 0.2) is 17.5 Å². The van der Waals surface area contributed by atoms with Gasteiger partial charge in [-0.05, 0) is 69.7 Å². The van der Waals surface area contributed by atoms with Crippen LogP contribution < -0.4 is 0 Å². The fourth-order valence-corrected chi connectivity index (χ4v) is 8.22. The quantitative estimate of drug-likeness (QED) is 0.170. The Morgan fingerprint density at radius 1 is 0.375 bits per heavy atom. The Bertz CT molecular complexity index is 3590. The molecule has 0 radical (unpaired) electrons. The lowest BCUT2D eigenvalue weighted by Gasteiger charge is -2.12. The molecule has 0 aliphatic carbocycles. The van der Waals surface area contributed by atoms with E-state index in [4.69, 9.17) is 22.1 Å². The molecule has 0 saturated heterocycles. The first-order valence-electron chi connectivity index (χ1n) is 21.2. The van der Waals surface area contributed by atoms with E-state index in [1.807, 2.05) is 133 Å². The van der Waals surface area contributed by atoms with Crippen LogP contribution in [0, 0.1) is 0 Å². The van der Waals surface area contributed by atoms with Crippen LogP contribution in [0.25, 0.3) is 110 Å². The Kier molecular flexibility index (Phi) is 6.29. The highest BCUT2D eigenvalue weighted by atomic mass is 32.1. The summed E-state index contributed by atoms with van der Waals surface area (Å²) >= 11 is 1.08. The molecule has 3 aromatic heterocycles. The van der Waals surface area contributed by atoms with Crippen LogP contribution in [0.5, 0.6) is 0 Å². The molecule has 0 aliphatic rings. The maximum Gasteiger partial charge on any atom is 0.164 e. The minimum Gasteiger partial charge on any atom is -0.456 e. The maximum absolute atomic E-state index is 9.66. The molecule has 262 valence electrons. The van der Waals surface area contributed by atoms with Gasteiger partial charge in [0.1, 0.15) is 11.2 Å². The highest BCUT2D eigenvalue weighted by Gasteiger charge is 2.18. The highest BCUT2D eigenvalue weighted by Crippen LogP contribution is 2.40. The van der Waals surface area contributed by atoms with Crippen molar-refractivity contribution in [3.63, 3.8) is 0 Å². The molecule has 11 rings (SSSR count). The number of aromatic nitrogens is 3. The third-order valence-electron chi connectivity index (χ3n) is 10.0. The molecule has 56 heavy (non-hydrogen) atoms. The van der Waals surface area contributed by atoms with E-state index in [0.29, 0.717) is 37.7 Å². The van der Waals surface area contributed by atoms with Crippen molar-refractivity contribution in [1.82, 2.24) is 15.0 Å². The maximum atomic E-state index is 9.66. The van der Waals surface area contributed by atoms with Crippen LogP contribution in [0.15, 0.2) is 192 Å². The Morgan fingerprint density at radius 3 is 1.77 bits per heavy atom. The summed E-state index contributed by atoms with van der Waals surface area (Å²) in [4.78, 5) is 15.0. The van der Waals surface area contributed by atoms with Crippen molar-refractivity contribution < 1.29 is 12.6 Å². The monoisotopic (exact) mass is 739 g/mol. The number of fused-ring (bicyclic) bond motifs is 6. The van der Waals surface area contributed by atoms with Crippen molar-refractivity contribution in [3.8, 4) is 67.5 Å². The zero-order valence-corrected chi connectivity index (χ0v) is 30.4. The van der Waals surface area contributed by atoms with Crippen molar-refractivity contribution in [3.05, 3.63) is 188 Å². The van der Waals surface area contributed by atoms with E-state index in [1.165, 1.54) is 0 Å². The first kappa shape index (κ1) is 26.5. The summed E-state index contributed by atoms with van der Waals surface area (Å²) in [5.74, 6) is 0.681. The Labute approximate surface area is 335 Å².